The number of ether oxygens (including phenoxy) is 2. The van der Waals surface area contributed by atoms with E-state index in [-0.39, 0.29) is 17.8 Å². The number of carboxylic acid groups (broad SMARTS) is 1. The molecule has 1 aliphatic carbocycles. The Morgan fingerprint density at radius 3 is 2.79 bits per heavy atom. The number of carbonyl (C=O) groups is 1. The molecule has 0 saturated heterocycles. The van der Waals surface area contributed by atoms with Crippen LogP contribution in [0.5, 0.6) is 5.75 Å². The van der Waals surface area contributed by atoms with Gasteiger partial charge in [0.05, 0.1) is 6.10 Å². The average molecular weight is 265 g/mol. The van der Waals surface area contributed by atoms with Gasteiger partial charge in [-0.3, -0.25) is 0 Å². The summed E-state index contributed by atoms with van der Waals surface area (Å²) in [4.78, 5) is 11.1. The van der Waals surface area contributed by atoms with Crippen LogP contribution < -0.4 is 10.5 Å². The molecule has 1 aromatic carbocycles. The van der Waals surface area contributed by atoms with Crippen LogP contribution in [0.25, 0.3) is 0 Å². The van der Waals surface area contributed by atoms with E-state index in [4.69, 9.17) is 20.3 Å². The fourth-order valence-corrected chi connectivity index (χ4v) is 2.42. The quantitative estimate of drug-likeness (QED) is 0.816. The van der Waals surface area contributed by atoms with E-state index in [0.29, 0.717) is 11.4 Å². The number of methoxy groups -OCH3 is 1. The molecule has 5 nitrogen and oxygen atoms in total. The van der Waals surface area contributed by atoms with Crippen LogP contribution in [-0.2, 0) is 4.74 Å². The molecular weight excluding hydrogens is 246 g/mol. The summed E-state index contributed by atoms with van der Waals surface area (Å²) in [6, 6.07) is 4.61. The van der Waals surface area contributed by atoms with Crippen molar-refractivity contribution in [2.75, 3.05) is 12.8 Å². The Kier molecular flexibility index (Phi) is 4.27. The maximum Gasteiger partial charge on any atom is 0.339 e. The summed E-state index contributed by atoms with van der Waals surface area (Å²) in [7, 11) is 1.69. The van der Waals surface area contributed by atoms with Crippen molar-refractivity contribution in [1.29, 1.82) is 0 Å². The van der Waals surface area contributed by atoms with E-state index >= 15 is 0 Å². The first-order valence-electron chi connectivity index (χ1n) is 6.42. The molecule has 1 saturated carbocycles. The minimum atomic E-state index is -1.01. The number of nitrogen functional groups attached to an aromatic ring is 1. The lowest BCUT2D eigenvalue weighted by Gasteiger charge is -2.29. The topological polar surface area (TPSA) is 81.8 Å². The zero-order valence-corrected chi connectivity index (χ0v) is 11.0. The molecule has 3 N–H and O–H groups in total. The standard InChI is InChI=1S/C14H19NO4/c1-18-10-3-2-4-11(8-10)19-13-7-9(15)5-6-12(13)14(16)17/h5-7,10-11H,2-4,8,15H2,1H3,(H,16,17). The van der Waals surface area contributed by atoms with Gasteiger partial charge in [-0.2, -0.15) is 0 Å². The van der Waals surface area contributed by atoms with Gasteiger partial charge in [0.2, 0.25) is 0 Å². The third-order valence-electron chi connectivity index (χ3n) is 3.44. The Morgan fingerprint density at radius 1 is 1.37 bits per heavy atom. The number of nitrogens with two attached hydrogens (primary N) is 1. The highest BCUT2D eigenvalue weighted by molar-refractivity contribution is 5.91. The smallest absolute Gasteiger partial charge is 0.339 e. The van der Waals surface area contributed by atoms with Gasteiger partial charge in [0, 0.05) is 25.3 Å². The first-order valence-corrected chi connectivity index (χ1v) is 6.42. The Hall–Kier alpha value is -1.75. The normalized spacial score (nSPS) is 23.0. The molecule has 0 radical (unpaired) electrons. The molecule has 0 aromatic heterocycles. The molecule has 0 aliphatic heterocycles. The number of hydrogen-bond acceptors (Lipinski definition) is 4. The fraction of sp³-hybridized carbons (Fsp3) is 0.500. The first-order chi connectivity index (χ1) is 9.10. The fourth-order valence-electron chi connectivity index (χ4n) is 2.42. The van der Waals surface area contributed by atoms with Gasteiger partial charge in [-0.25, -0.2) is 4.79 Å². The van der Waals surface area contributed by atoms with Crippen LogP contribution in [0.4, 0.5) is 5.69 Å². The molecule has 2 unspecified atom stereocenters. The summed E-state index contributed by atoms with van der Waals surface area (Å²) >= 11 is 0. The maximum atomic E-state index is 11.1. The summed E-state index contributed by atoms with van der Waals surface area (Å²) in [5, 5.41) is 9.14. The second kappa shape index (κ2) is 5.93. The molecule has 2 rings (SSSR count). The number of carboxylic acids is 1. The summed E-state index contributed by atoms with van der Waals surface area (Å²) in [6.07, 6.45) is 3.91. The number of aromatic carboxylic acids is 1. The monoisotopic (exact) mass is 265 g/mol. The second-order valence-electron chi connectivity index (χ2n) is 4.82. The van der Waals surface area contributed by atoms with Crippen LogP contribution in [-0.4, -0.2) is 30.4 Å². The van der Waals surface area contributed by atoms with Crippen LogP contribution in [0.1, 0.15) is 36.0 Å². The van der Waals surface area contributed by atoms with E-state index in [2.05, 4.69) is 0 Å². The Balaban J connectivity index is 2.13. The third-order valence-corrected chi connectivity index (χ3v) is 3.44. The van der Waals surface area contributed by atoms with E-state index in [9.17, 15) is 4.79 Å². The van der Waals surface area contributed by atoms with E-state index in [1.54, 1.807) is 19.2 Å². The molecule has 1 aliphatic rings. The Bertz CT molecular complexity index is 461. The van der Waals surface area contributed by atoms with Crippen molar-refractivity contribution < 1.29 is 19.4 Å². The SMILES string of the molecule is COC1CCCC(Oc2cc(N)ccc2C(=O)O)C1. The van der Waals surface area contributed by atoms with Gasteiger partial charge >= 0.3 is 5.97 Å². The van der Waals surface area contributed by atoms with Crippen LogP contribution in [0.15, 0.2) is 18.2 Å². The van der Waals surface area contributed by atoms with Crippen molar-refractivity contribution in [2.45, 2.75) is 37.9 Å². The first kappa shape index (κ1) is 13.7. The third kappa shape index (κ3) is 3.38. The van der Waals surface area contributed by atoms with Crippen molar-refractivity contribution in [3.05, 3.63) is 23.8 Å². The second-order valence-corrected chi connectivity index (χ2v) is 4.82. The van der Waals surface area contributed by atoms with E-state index < -0.39 is 5.97 Å². The molecular formula is C14H19NO4. The zero-order valence-electron chi connectivity index (χ0n) is 11.0. The zero-order chi connectivity index (χ0) is 13.8. The molecule has 19 heavy (non-hydrogen) atoms. The summed E-state index contributed by atoms with van der Waals surface area (Å²) in [6.45, 7) is 0. The predicted octanol–water partition coefficient (Wildman–Crippen LogP) is 2.30. The van der Waals surface area contributed by atoms with Crippen LogP contribution in [0.2, 0.25) is 0 Å². The van der Waals surface area contributed by atoms with Gasteiger partial charge in [-0.05, 0) is 31.4 Å². The average Bonchev–Trinajstić information content (AvgIpc) is 2.38. The van der Waals surface area contributed by atoms with Crippen LogP contribution in [0.3, 0.4) is 0 Å². The minimum Gasteiger partial charge on any atom is -0.489 e. The largest absolute Gasteiger partial charge is 0.489 e. The lowest BCUT2D eigenvalue weighted by molar-refractivity contribution is 0.0205. The highest BCUT2D eigenvalue weighted by atomic mass is 16.5. The molecule has 0 amide bonds. The van der Waals surface area contributed by atoms with Gasteiger partial charge in [0.15, 0.2) is 0 Å². The molecule has 2 atom stereocenters. The highest BCUT2D eigenvalue weighted by Gasteiger charge is 2.24. The number of anilines is 1. The van der Waals surface area contributed by atoms with Gasteiger partial charge in [0.1, 0.15) is 17.4 Å². The van der Waals surface area contributed by atoms with Crippen LogP contribution in [0, 0.1) is 0 Å². The lowest BCUT2D eigenvalue weighted by Crippen LogP contribution is -2.29. The predicted molar refractivity (Wildman–Crippen MR) is 71.5 cm³/mol. The van der Waals surface area contributed by atoms with Gasteiger partial charge in [-0.15, -0.1) is 0 Å². The summed E-state index contributed by atoms with van der Waals surface area (Å²) in [5.74, 6) is -0.664. The molecule has 1 fully saturated rings. The van der Waals surface area contributed by atoms with Crippen molar-refractivity contribution in [2.24, 2.45) is 0 Å². The Labute approximate surface area is 112 Å². The summed E-state index contributed by atoms with van der Waals surface area (Å²) in [5.41, 5.74) is 6.33. The van der Waals surface area contributed by atoms with Crippen molar-refractivity contribution in [3.63, 3.8) is 0 Å². The van der Waals surface area contributed by atoms with E-state index in [1.807, 2.05) is 0 Å². The number of rotatable bonds is 4. The lowest BCUT2D eigenvalue weighted by atomic mass is 9.95. The van der Waals surface area contributed by atoms with E-state index in [1.165, 1.54) is 6.07 Å². The minimum absolute atomic E-state index is 0.0152. The number of hydrogen-bond donors (Lipinski definition) is 2. The maximum absolute atomic E-state index is 11.1. The molecule has 5 heteroatoms. The van der Waals surface area contributed by atoms with E-state index in [0.717, 1.165) is 25.7 Å². The van der Waals surface area contributed by atoms with Crippen molar-refractivity contribution in [3.8, 4) is 5.75 Å². The van der Waals surface area contributed by atoms with Crippen molar-refractivity contribution in [1.82, 2.24) is 0 Å². The Morgan fingerprint density at radius 2 is 2.11 bits per heavy atom. The molecule has 0 bridgehead atoms. The molecule has 0 spiro atoms. The van der Waals surface area contributed by atoms with Gasteiger partial charge < -0.3 is 20.3 Å². The molecule has 104 valence electrons. The number of benzene rings is 1. The van der Waals surface area contributed by atoms with Crippen molar-refractivity contribution >= 4 is 11.7 Å². The van der Waals surface area contributed by atoms with Gasteiger partial charge in [0.25, 0.3) is 0 Å². The molecule has 0 heterocycles. The van der Waals surface area contributed by atoms with Gasteiger partial charge in [-0.1, -0.05) is 0 Å². The molecule has 1 aromatic rings. The highest BCUT2D eigenvalue weighted by Crippen LogP contribution is 2.28. The van der Waals surface area contributed by atoms with Crippen LogP contribution >= 0.6 is 0 Å². The summed E-state index contributed by atoms with van der Waals surface area (Å²) < 4.78 is 11.2.